The zero-order chi connectivity index (χ0) is 13.9. The molecule has 3 rings (SSSR count). The van der Waals surface area contributed by atoms with Crippen molar-refractivity contribution in [2.24, 2.45) is 0 Å². The lowest BCUT2D eigenvalue weighted by molar-refractivity contribution is 0.581. The Morgan fingerprint density at radius 1 is 1.35 bits per heavy atom. The summed E-state index contributed by atoms with van der Waals surface area (Å²) in [6, 6.07) is 9.81. The van der Waals surface area contributed by atoms with E-state index in [1.165, 1.54) is 10.5 Å². The standard InChI is InChI=1S/C15H14N2OS2/c1-10-7-11(16)4-5-14(10)19-8-12-9-20-15(17-12)13-3-2-6-18-13/h2-7,9H,8,16H2,1H3. The van der Waals surface area contributed by atoms with Crippen molar-refractivity contribution >= 4 is 28.8 Å². The van der Waals surface area contributed by atoms with Gasteiger partial charge in [-0.25, -0.2) is 4.98 Å². The van der Waals surface area contributed by atoms with Crippen molar-refractivity contribution in [1.29, 1.82) is 0 Å². The second-order valence-electron chi connectivity index (χ2n) is 4.43. The maximum absolute atomic E-state index is 5.76. The average Bonchev–Trinajstić information content (AvgIpc) is 3.08. The molecule has 1 aromatic carbocycles. The molecule has 3 aromatic rings. The Hall–Kier alpha value is -1.72. The van der Waals surface area contributed by atoms with Gasteiger partial charge in [0, 0.05) is 21.7 Å². The van der Waals surface area contributed by atoms with Gasteiger partial charge in [-0.05, 0) is 42.8 Å². The number of nitrogen functional groups attached to an aromatic ring is 1. The van der Waals surface area contributed by atoms with Gasteiger partial charge in [0.25, 0.3) is 0 Å². The summed E-state index contributed by atoms with van der Waals surface area (Å²) in [5, 5.41) is 3.01. The molecular weight excluding hydrogens is 288 g/mol. The Morgan fingerprint density at radius 2 is 2.25 bits per heavy atom. The second-order valence-corrected chi connectivity index (χ2v) is 6.31. The third-order valence-corrected chi connectivity index (χ3v) is 4.97. The molecule has 5 heteroatoms. The molecular formula is C15H14N2OS2. The number of nitrogens with two attached hydrogens (primary N) is 1. The van der Waals surface area contributed by atoms with Crippen LogP contribution in [0.25, 0.3) is 10.8 Å². The van der Waals surface area contributed by atoms with E-state index < -0.39 is 0 Å². The van der Waals surface area contributed by atoms with Crippen LogP contribution in [0.5, 0.6) is 0 Å². The lowest BCUT2D eigenvalue weighted by Crippen LogP contribution is -1.88. The molecule has 0 saturated heterocycles. The smallest absolute Gasteiger partial charge is 0.162 e. The van der Waals surface area contributed by atoms with E-state index in [2.05, 4.69) is 23.4 Å². The van der Waals surface area contributed by atoms with Crippen LogP contribution in [0.4, 0.5) is 5.69 Å². The fourth-order valence-electron chi connectivity index (χ4n) is 1.87. The van der Waals surface area contributed by atoms with Gasteiger partial charge in [-0.1, -0.05) is 0 Å². The van der Waals surface area contributed by atoms with Gasteiger partial charge in [0.05, 0.1) is 12.0 Å². The molecule has 0 aliphatic carbocycles. The molecule has 102 valence electrons. The Morgan fingerprint density at radius 3 is 3.00 bits per heavy atom. The SMILES string of the molecule is Cc1cc(N)ccc1SCc1csc(-c2ccco2)n1. The van der Waals surface area contributed by atoms with E-state index in [4.69, 9.17) is 10.2 Å². The molecule has 2 aromatic heterocycles. The van der Waals surface area contributed by atoms with Gasteiger partial charge < -0.3 is 10.2 Å². The van der Waals surface area contributed by atoms with Gasteiger partial charge in [-0.2, -0.15) is 0 Å². The normalized spacial score (nSPS) is 10.8. The minimum atomic E-state index is 0.806. The molecule has 0 amide bonds. The fraction of sp³-hybridized carbons (Fsp3) is 0.133. The average molecular weight is 302 g/mol. The van der Waals surface area contributed by atoms with Crippen molar-refractivity contribution in [3.05, 3.63) is 53.2 Å². The first-order chi connectivity index (χ1) is 9.72. The Balaban J connectivity index is 1.70. The van der Waals surface area contributed by atoms with Crippen molar-refractivity contribution in [1.82, 2.24) is 4.98 Å². The molecule has 0 aliphatic heterocycles. The highest BCUT2D eigenvalue weighted by atomic mass is 32.2. The van der Waals surface area contributed by atoms with E-state index in [0.29, 0.717) is 0 Å². The number of aromatic nitrogens is 1. The van der Waals surface area contributed by atoms with Gasteiger partial charge >= 0.3 is 0 Å². The molecule has 0 spiro atoms. The van der Waals surface area contributed by atoms with Gasteiger partial charge in [0.2, 0.25) is 0 Å². The Labute approximate surface area is 125 Å². The first-order valence-electron chi connectivity index (χ1n) is 6.19. The summed E-state index contributed by atoms with van der Waals surface area (Å²) < 4.78 is 5.36. The van der Waals surface area contributed by atoms with E-state index in [1.807, 2.05) is 24.3 Å². The maximum Gasteiger partial charge on any atom is 0.162 e. The lowest BCUT2D eigenvalue weighted by Gasteiger charge is -2.05. The summed E-state index contributed by atoms with van der Waals surface area (Å²) in [4.78, 5) is 5.84. The fourth-order valence-corrected chi connectivity index (χ4v) is 3.67. The van der Waals surface area contributed by atoms with Gasteiger partial charge in [-0.3, -0.25) is 0 Å². The van der Waals surface area contributed by atoms with E-state index in [-0.39, 0.29) is 0 Å². The first kappa shape index (κ1) is 13.3. The number of furan rings is 1. The van der Waals surface area contributed by atoms with E-state index in [9.17, 15) is 0 Å². The highest BCUT2D eigenvalue weighted by Crippen LogP contribution is 2.30. The molecule has 0 unspecified atom stereocenters. The number of thiazole rings is 1. The highest BCUT2D eigenvalue weighted by molar-refractivity contribution is 7.98. The predicted molar refractivity (Wildman–Crippen MR) is 85.0 cm³/mol. The van der Waals surface area contributed by atoms with Gasteiger partial charge in [0.15, 0.2) is 10.8 Å². The van der Waals surface area contributed by atoms with Crippen LogP contribution in [0.15, 0.2) is 51.3 Å². The molecule has 3 nitrogen and oxygen atoms in total. The van der Waals surface area contributed by atoms with E-state index in [0.717, 1.165) is 27.9 Å². The molecule has 0 fully saturated rings. The summed E-state index contributed by atoms with van der Waals surface area (Å²) in [5.74, 6) is 1.68. The summed E-state index contributed by atoms with van der Waals surface area (Å²) in [6.07, 6.45) is 1.67. The number of anilines is 1. The summed E-state index contributed by atoms with van der Waals surface area (Å²) in [7, 11) is 0. The molecule has 2 heterocycles. The van der Waals surface area contributed by atoms with Crippen LogP contribution in [0.2, 0.25) is 0 Å². The van der Waals surface area contributed by atoms with Crippen LogP contribution < -0.4 is 5.73 Å². The van der Waals surface area contributed by atoms with Gasteiger partial charge in [0.1, 0.15) is 0 Å². The highest BCUT2D eigenvalue weighted by Gasteiger charge is 2.08. The van der Waals surface area contributed by atoms with Crippen LogP contribution in [-0.4, -0.2) is 4.98 Å². The molecule has 20 heavy (non-hydrogen) atoms. The van der Waals surface area contributed by atoms with Crippen LogP contribution in [-0.2, 0) is 5.75 Å². The molecule has 0 saturated carbocycles. The zero-order valence-electron chi connectivity index (χ0n) is 11.0. The van der Waals surface area contributed by atoms with Crippen LogP contribution in [0.3, 0.4) is 0 Å². The topological polar surface area (TPSA) is 52.0 Å². The lowest BCUT2D eigenvalue weighted by atomic mass is 10.2. The zero-order valence-corrected chi connectivity index (χ0v) is 12.6. The quantitative estimate of drug-likeness (QED) is 0.566. The minimum absolute atomic E-state index is 0.806. The third kappa shape index (κ3) is 2.89. The van der Waals surface area contributed by atoms with Crippen LogP contribution >= 0.6 is 23.1 Å². The number of aryl methyl sites for hydroxylation is 1. The molecule has 2 N–H and O–H groups in total. The van der Waals surface area contributed by atoms with Gasteiger partial charge in [-0.15, -0.1) is 23.1 Å². The van der Waals surface area contributed by atoms with Crippen LogP contribution in [0, 0.1) is 6.92 Å². The third-order valence-electron chi connectivity index (χ3n) is 2.86. The molecule has 0 radical (unpaired) electrons. The number of thioether (sulfide) groups is 1. The van der Waals surface area contributed by atoms with Crippen molar-refractivity contribution in [2.45, 2.75) is 17.6 Å². The molecule has 0 aliphatic rings. The van der Waals surface area contributed by atoms with Crippen molar-refractivity contribution < 1.29 is 4.42 Å². The van der Waals surface area contributed by atoms with Crippen molar-refractivity contribution in [3.8, 4) is 10.8 Å². The minimum Gasteiger partial charge on any atom is -0.462 e. The monoisotopic (exact) mass is 302 g/mol. The van der Waals surface area contributed by atoms with Crippen LogP contribution in [0.1, 0.15) is 11.3 Å². The molecule has 0 atom stereocenters. The van der Waals surface area contributed by atoms with E-state index >= 15 is 0 Å². The Bertz CT molecular complexity index is 704. The predicted octanol–water partition coefficient (Wildman–Crippen LogP) is 4.59. The summed E-state index contributed by atoms with van der Waals surface area (Å²) >= 11 is 3.39. The summed E-state index contributed by atoms with van der Waals surface area (Å²) in [6.45, 7) is 2.08. The summed E-state index contributed by atoms with van der Waals surface area (Å²) in [5.41, 5.74) is 8.85. The number of rotatable bonds is 4. The largest absolute Gasteiger partial charge is 0.462 e. The number of nitrogens with zero attached hydrogens (tertiary/aromatic N) is 1. The molecule has 0 bridgehead atoms. The number of benzene rings is 1. The first-order valence-corrected chi connectivity index (χ1v) is 8.06. The van der Waals surface area contributed by atoms with E-state index in [1.54, 1.807) is 29.4 Å². The second kappa shape index (κ2) is 5.73. The Kier molecular flexibility index (Phi) is 3.80. The number of hydrogen-bond acceptors (Lipinski definition) is 5. The van der Waals surface area contributed by atoms with Crippen molar-refractivity contribution in [2.75, 3.05) is 5.73 Å². The maximum atomic E-state index is 5.76. The van der Waals surface area contributed by atoms with Crippen molar-refractivity contribution in [3.63, 3.8) is 0 Å². The number of hydrogen-bond donors (Lipinski definition) is 1.